The van der Waals surface area contributed by atoms with Crippen LogP contribution in [0.15, 0.2) is 11.6 Å². The fraction of sp³-hybridized carbons (Fsp3) is 0.931. The minimum Gasteiger partial charge on any atom is -0.395 e. The van der Waals surface area contributed by atoms with Crippen molar-refractivity contribution < 1.29 is 10.2 Å². The SMILES string of the molecule is CC[C@H](CC[C@@H](C)[C@@H]1CC[C@H]2[C@H]3CC=C4C[C@@H](O)CC[C@]4(CO)[C@@H]3CC[C@@]21C)C(C)C. The van der Waals surface area contributed by atoms with Gasteiger partial charge in [0.25, 0.3) is 0 Å². The lowest BCUT2D eigenvalue weighted by atomic mass is 9.46. The molecule has 0 unspecified atom stereocenters. The second-order valence-electron chi connectivity index (χ2n) is 12.7. The molecule has 0 bridgehead atoms. The third-order valence-electron chi connectivity index (χ3n) is 11.3. The Morgan fingerprint density at radius 1 is 1.03 bits per heavy atom. The van der Waals surface area contributed by atoms with E-state index < -0.39 is 0 Å². The fourth-order valence-electron chi connectivity index (χ4n) is 9.39. The molecule has 0 heterocycles. The van der Waals surface area contributed by atoms with Crippen molar-refractivity contribution in [2.75, 3.05) is 6.61 Å². The standard InChI is InChI=1S/C29H50O2/c1-6-21(19(2)3)8-7-20(4)25-11-12-26-24-10-9-22-17-23(31)13-16-29(22,18-30)27(24)14-15-28(25,26)5/h9,19-21,23-27,30-31H,6-8,10-18H2,1-5H3/t20-,21-,23+,24-,25+,26+,27-,28-,29-/m1/s1. The zero-order valence-electron chi connectivity index (χ0n) is 21.1. The van der Waals surface area contributed by atoms with Gasteiger partial charge in [0.05, 0.1) is 12.7 Å². The van der Waals surface area contributed by atoms with Gasteiger partial charge in [0.15, 0.2) is 0 Å². The molecule has 0 aromatic rings. The number of aliphatic hydroxyl groups is 2. The predicted molar refractivity (Wildman–Crippen MR) is 130 cm³/mol. The topological polar surface area (TPSA) is 40.5 Å². The molecule has 4 rings (SSSR count). The van der Waals surface area contributed by atoms with Crippen LogP contribution in [-0.2, 0) is 0 Å². The maximum absolute atomic E-state index is 10.6. The summed E-state index contributed by atoms with van der Waals surface area (Å²) >= 11 is 0. The summed E-state index contributed by atoms with van der Waals surface area (Å²) in [7, 11) is 0. The molecule has 0 spiro atoms. The largest absolute Gasteiger partial charge is 0.395 e. The van der Waals surface area contributed by atoms with Gasteiger partial charge in [0.1, 0.15) is 0 Å². The van der Waals surface area contributed by atoms with Crippen LogP contribution in [0.2, 0.25) is 0 Å². The zero-order valence-corrected chi connectivity index (χ0v) is 21.1. The second-order valence-corrected chi connectivity index (χ2v) is 12.7. The number of aliphatic hydroxyl groups excluding tert-OH is 2. The Morgan fingerprint density at radius 2 is 1.81 bits per heavy atom. The molecule has 0 saturated heterocycles. The molecule has 3 saturated carbocycles. The number of fused-ring (bicyclic) bond motifs is 5. The number of hydrogen-bond donors (Lipinski definition) is 2. The van der Waals surface area contributed by atoms with Crippen LogP contribution in [0.5, 0.6) is 0 Å². The number of rotatable bonds is 7. The first kappa shape index (κ1) is 23.8. The minimum atomic E-state index is -0.189. The van der Waals surface area contributed by atoms with Crippen LogP contribution in [0, 0.1) is 52.3 Å². The van der Waals surface area contributed by atoms with Crippen molar-refractivity contribution in [1.29, 1.82) is 0 Å². The normalized spacial score (nSPS) is 44.3. The van der Waals surface area contributed by atoms with Crippen LogP contribution in [0.4, 0.5) is 0 Å². The summed E-state index contributed by atoms with van der Waals surface area (Å²) in [6.45, 7) is 12.7. The van der Waals surface area contributed by atoms with E-state index in [1.165, 1.54) is 56.9 Å². The molecule has 31 heavy (non-hydrogen) atoms. The van der Waals surface area contributed by atoms with Crippen LogP contribution in [0.3, 0.4) is 0 Å². The highest BCUT2D eigenvalue weighted by molar-refractivity contribution is 5.26. The van der Waals surface area contributed by atoms with Gasteiger partial charge in [0.2, 0.25) is 0 Å². The number of hydrogen-bond acceptors (Lipinski definition) is 2. The van der Waals surface area contributed by atoms with E-state index >= 15 is 0 Å². The Hall–Kier alpha value is -0.340. The quantitative estimate of drug-likeness (QED) is 0.427. The van der Waals surface area contributed by atoms with Gasteiger partial charge in [-0.3, -0.25) is 0 Å². The Bertz CT molecular complexity index is 653. The first-order valence-corrected chi connectivity index (χ1v) is 13.7. The second kappa shape index (κ2) is 9.13. The van der Waals surface area contributed by atoms with Crippen molar-refractivity contribution in [2.45, 2.75) is 111 Å². The smallest absolute Gasteiger partial charge is 0.0577 e. The molecule has 4 aliphatic rings. The lowest BCUT2D eigenvalue weighted by Gasteiger charge is -2.59. The van der Waals surface area contributed by atoms with E-state index in [4.69, 9.17) is 0 Å². The summed E-state index contributed by atoms with van der Waals surface area (Å²) in [6, 6.07) is 0. The Balaban J connectivity index is 1.50. The predicted octanol–water partition coefficient (Wildman–Crippen LogP) is 7.00. The molecule has 0 radical (unpaired) electrons. The van der Waals surface area contributed by atoms with Crippen LogP contribution in [-0.4, -0.2) is 22.9 Å². The summed E-state index contributed by atoms with van der Waals surface area (Å²) in [4.78, 5) is 0. The maximum Gasteiger partial charge on any atom is 0.0577 e. The lowest BCUT2D eigenvalue weighted by molar-refractivity contribution is -0.0797. The average molecular weight is 431 g/mol. The molecule has 178 valence electrons. The molecule has 2 N–H and O–H groups in total. The highest BCUT2D eigenvalue weighted by Crippen LogP contribution is 2.67. The summed E-state index contributed by atoms with van der Waals surface area (Å²) < 4.78 is 0. The summed E-state index contributed by atoms with van der Waals surface area (Å²) in [5.41, 5.74) is 1.88. The van der Waals surface area contributed by atoms with Crippen molar-refractivity contribution in [2.24, 2.45) is 52.3 Å². The van der Waals surface area contributed by atoms with Crippen LogP contribution >= 0.6 is 0 Å². The third kappa shape index (κ3) is 3.96. The first-order chi connectivity index (χ1) is 14.8. The monoisotopic (exact) mass is 430 g/mol. The van der Waals surface area contributed by atoms with E-state index in [9.17, 15) is 10.2 Å². The molecule has 3 fully saturated rings. The van der Waals surface area contributed by atoms with Gasteiger partial charge in [0, 0.05) is 5.41 Å². The summed E-state index contributed by atoms with van der Waals surface area (Å²) in [5.74, 6) is 5.64. The van der Waals surface area contributed by atoms with Gasteiger partial charge < -0.3 is 10.2 Å². The van der Waals surface area contributed by atoms with Crippen molar-refractivity contribution in [3.8, 4) is 0 Å². The highest BCUT2D eigenvalue weighted by Gasteiger charge is 2.60. The van der Waals surface area contributed by atoms with Crippen LogP contribution < -0.4 is 0 Å². The summed E-state index contributed by atoms with van der Waals surface area (Å²) in [6.07, 6.45) is 15.7. The highest BCUT2D eigenvalue weighted by atomic mass is 16.3. The van der Waals surface area contributed by atoms with Crippen molar-refractivity contribution in [1.82, 2.24) is 0 Å². The molecule has 2 heteroatoms. The first-order valence-electron chi connectivity index (χ1n) is 13.7. The molecule has 0 aromatic carbocycles. The number of allylic oxidation sites excluding steroid dienone is 1. The summed E-state index contributed by atoms with van der Waals surface area (Å²) in [5, 5.41) is 20.9. The maximum atomic E-state index is 10.6. The Morgan fingerprint density at radius 3 is 2.48 bits per heavy atom. The van der Waals surface area contributed by atoms with Gasteiger partial charge in [-0.1, -0.05) is 59.1 Å². The molecule has 4 aliphatic carbocycles. The zero-order chi connectivity index (χ0) is 22.4. The van der Waals surface area contributed by atoms with Crippen molar-refractivity contribution >= 4 is 0 Å². The van der Waals surface area contributed by atoms with E-state index in [0.29, 0.717) is 17.9 Å². The van der Waals surface area contributed by atoms with E-state index in [1.807, 2.05) is 0 Å². The molecule has 0 amide bonds. The van der Waals surface area contributed by atoms with Gasteiger partial charge >= 0.3 is 0 Å². The molecule has 9 atom stereocenters. The van der Waals surface area contributed by atoms with Crippen LogP contribution in [0.25, 0.3) is 0 Å². The van der Waals surface area contributed by atoms with Gasteiger partial charge in [-0.25, -0.2) is 0 Å². The van der Waals surface area contributed by atoms with Crippen LogP contribution in [0.1, 0.15) is 105 Å². The van der Waals surface area contributed by atoms with Crippen molar-refractivity contribution in [3.63, 3.8) is 0 Å². The van der Waals surface area contributed by atoms with Gasteiger partial charge in [-0.15, -0.1) is 0 Å². The van der Waals surface area contributed by atoms with Gasteiger partial charge in [-0.2, -0.15) is 0 Å². The molecular weight excluding hydrogens is 380 g/mol. The van der Waals surface area contributed by atoms with E-state index in [0.717, 1.165) is 54.8 Å². The third-order valence-corrected chi connectivity index (χ3v) is 11.3. The van der Waals surface area contributed by atoms with Crippen molar-refractivity contribution in [3.05, 3.63) is 11.6 Å². The minimum absolute atomic E-state index is 0.0151. The molecule has 0 aromatic heterocycles. The molecular formula is C29H50O2. The van der Waals surface area contributed by atoms with Gasteiger partial charge in [-0.05, 0) is 105 Å². The van der Waals surface area contributed by atoms with E-state index in [2.05, 4.69) is 40.7 Å². The Labute approximate surface area is 192 Å². The average Bonchev–Trinajstić information content (AvgIpc) is 3.10. The van der Waals surface area contributed by atoms with E-state index in [1.54, 1.807) is 0 Å². The molecule has 2 nitrogen and oxygen atoms in total. The lowest BCUT2D eigenvalue weighted by Crippen LogP contribution is -2.53. The fourth-order valence-corrected chi connectivity index (χ4v) is 9.39. The van der Waals surface area contributed by atoms with E-state index in [-0.39, 0.29) is 11.5 Å². The Kier molecular flexibility index (Phi) is 7.01. The molecule has 0 aliphatic heterocycles.